The van der Waals surface area contributed by atoms with Gasteiger partial charge < -0.3 is 14.7 Å². The number of halogens is 1. The molecule has 0 radical (unpaired) electrons. The van der Waals surface area contributed by atoms with Gasteiger partial charge in [0.15, 0.2) is 5.84 Å². The van der Waals surface area contributed by atoms with Gasteiger partial charge in [0.2, 0.25) is 0 Å². The largest absolute Gasteiger partial charge is 0.366 e. The van der Waals surface area contributed by atoms with Crippen molar-refractivity contribution in [1.82, 2.24) is 9.80 Å². The summed E-state index contributed by atoms with van der Waals surface area (Å²) in [5.74, 6) is -0.419. The van der Waals surface area contributed by atoms with E-state index in [9.17, 15) is 17.6 Å². The maximum Gasteiger partial charge on any atom is 0.257 e. The Bertz CT molecular complexity index is 963. The van der Waals surface area contributed by atoms with Crippen LogP contribution in [0.15, 0.2) is 52.6 Å². The molecule has 142 valence electrons. The molecule has 0 N–H and O–H groups in total. The fraction of sp³-hybridized carbons (Fsp3) is 0.333. The van der Waals surface area contributed by atoms with Crippen LogP contribution in [-0.4, -0.2) is 68.4 Å². The van der Waals surface area contributed by atoms with Crippen molar-refractivity contribution < 1.29 is 17.6 Å². The number of allylic oxidation sites excluding steroid dienone is 2. The summed E-state index contributed by atoms with van der Waals surface area (Å²) in [6.45, 7) is 2.14. The molecule has 0 aliphatic carbocycles. The molecule has 3 aliphatic rings. The Morgan fingerprint density at radius 2 is 1.81 bits per heavy atom. The van der Waals surface area contributed by atoms with E-state index in [-0.39, 0.29) is 35.4 Å². The molecule has 1 fully saturated rings. The number of anilines is 1. The summed E-state index contributed by atoms with van der Waals surface area (Å²) in [6, 6.07) is 6.57. The highest BCUT2D eigenvalue weighted by molar-refractivity contribution is 7.90. The molecule has 3 heterocycles. The highest BCUT2D eigenvalue weighted by Crippen LogP contribution is 2.23. The van der Waals surface area contributed by atoms with Crippen LogP contribution in [0.2, 0.25) is 0 Å². The third-order valence-corrected chi connectivity index (χ3v) is 6.00. The van der Waals surface area contributed by atoms with E-state index in [1.165, 1.54) is 6.07 Å². The average Bonchev–Trinajstić information content (AvgIpc) is 2.67. The summed E-state index contributed by atoms with van der Waals surface area (Å²) in [4.78, 5) is 18.2. The molecule has 1 amide bonds. The van der Waals surface area contributed by atoms with Gasteiger partial charge in [-0.1, -0.05) is 12.1 Å². The van der Waals surface area contributed by atoms with E-state index in [0.29, 0.717) is 31.9 Å². The maximum atomic E-state index is 14.0. The van der Waals surface area contributed by atoms with Crippen LogP contribution < -0.4 is 4.90 Å². The topological polar surface area (TPSA) is 73.3 Å². The Balaban J connectivity index is 1.50. The Labute approximate surface area is 157 Å². The molecular formula is C18H19FN4O3S. The van der Waals surface area contributed by atoms with Crippen LogP contribution in [0.1, 0.15) is 0 Å². The molecule has 7 nitrogen and oxygen atoms in total. The van der Waals surface area contributed by atoms with Gasteiger partial charge in [-0.05, 0) is 24.3 Å². The van der Waals surface area contributed by atoms with Gasteiger partial charge in [-0.25, -0.2) is 12.8 Å². The first-order chi connectivity index (χ1) is 12.9. The molecule has 0 spiro atoms. The molecule has 3 aliphatic heterocycles. The lowest BCUT2D eigenvalue weighted by Gasteiger charge is -2.37. The molecular weight excluding hydrogens is 371 g/mol. The van der Waals surface area contributed by atoms with Gasteiger partial charge in [0.1, 0.15) is 5.82 Å². The molecule has 4 rings (SSSR count). The minimum absolute atomic E-state index is 0.0658. The number of amidine groups is 1. The highest BCUT2D eigenvalue weighted by atomic mass is 32.2. The molecule has 1 saturated heterocycles. The van der Waals surface area contributed by atoms with Crippen LogP contribution in [0.4, 0.5) is 10.1 Å². The number of para-hydroxylation sites is 1. The zero-order valence-corrected chi connectivity index (χ0v) is 15.4. The van der Waals surface area contributed by atoms with Crippen LogP contribution >= 0.6 is 0 Å². The number of hydrogen-bond acceptors (Lipinski definition) is 5. The third-order valence-electron chi connectivity index (χ3n) is 4.85. The van der Waals surface area contributed by atoms with Crippen LogP contribution in [0, 0.1) is 5.82 Å². The zero-order valence-electron chi connectivity index (χ0n) is 14.6. The molecule has 0 bridgehead atoms. The van der Waals surface area contributed by atoms with Crippen LogP contribution in [0.5, 0.6) is 0 Å². The number of sulfonamides is 1. The van der Waals surface area contributed by atoms with Crippen molar-refractivity contribution >= 4 is 27.5 Å². The third kappa shape index (κ3) is 3.46. The Morgan fingerprint density at radius 1 is 1.07 bits per heavy atom. The van der Waals surface area contributed by atoms with Gasteiger partial charge in [0.25, 0.3) is 15.9 Å². The van der Waals surface area contributed by atoms with Crippen LogP contribution in [-0.2, 0) is 14.8 Å². The first kappa shape index (κ1) is 17.7. The molecule has 0 unspecified atom stereocenters. The fourth-order valence-corrected chi connectivity index (χ4v) is 4.40. The van der Waals surface area contributed by atoms with Gasteiger partial charge in [0.05, 0.1) is 17.0 Å². The van der Waals surface area contributed by atoms with Crippen molar-refractivity contribution in [3.05, 3.63) is 54.0 Å². The summed E-state index contributed by atoms with van der Waals surface area (Å²) in [6.07, 6.45) is 5.04. The van der Waals surface area contributed by atoms with E-state index in [2.05, 4.69) is 4.40 Å². The number of amides is 1. The second kappa shape index (κ2) is 6.80. The predicted octanol–water partition coefficient (Wildman–Crippen LogP) is 0.972. The lowest BCUT2D eigenvalue weighted by molar-refractivity contribution is -0.126. The Hall–Kier alpha value is -2.68. The molecule has 9 heteroatoms. The second-order valence-electron chi connectivity index (χ2n) is 6.55. The number of carbonyl (C=O) groups is 1. The van der Waals surface area contributed by atoms with Gasteiger partial charge in [0, 0.05) is 38.9 Å². The molecule has 0 aromatic heterocycles. The highest BCUT2D eigenvalue weighted by Gasteiger charge is 2.33. The van der Waals surface area contributed by atoms with Crippen molar-refractivity contribution in [1.29, 1.82) is 0 Å². The summed E-state index contributed by atoms with van der Waals surface area (Å²) < 4.78 is 41.5. The quantitative estimate of drug-likeness (QED) is 0.753. The summed E-state index contributed by atoms with van der Waals surface area (Å²) in [5.41, 5.74) is 0.804. The molecule has 1 aromatic rings. The average molecular weight is 390 g/mol. The number of benzene rings is 1. The van der Waals surface area contributed by atoms with E-state index < -0.39 is 10.0 Å². The number of carbonyl (C=O) groups excluding carboxylic acids is 1. The normalized spacial score (nSPS) is 21.4. The van der Waals surface area contributed by atoms with Crippen molar-refractivity contribution in [3.8, 4) is 0 Å². The number of rotatable bonds is 2. The van der Waals surface area contributed by atoms with E-state index in [1.54, 1.807) is 46.4 Å². The number of piperazine rings is 1. The SMILES string of the molecule is O=C(C1=CC=CN2CCS(=O)(=O)N=C12)N1CCN(c2ccccc2F)CC1. The maximum absolute atomic E-state index is 14.0. The first-order valence-corrected chi connectivity index (χ1v) is 10.3. The van der Waals surface area contributed by atoms with Crippen molar-refractivity contribution in [2.24, 2.45) is 4.40 Å². The van der Waals surface area contributed by atoms with Gasteiger partial charge in [-0.15, -0.1) is 4.40 Å². The minimum Gasteiger partial charge on any atom is -0.366 e. The van der Waals surface area contributed by atoms with Gasteiger partial charge >= 0.3 is 0 Å². The first-order valence-electron chi connectivity index (χ1n) is 8.71. The molecule has 27 heavy (non-hydrogen) atoms. The Kier molecular flexibility index (Phi) is 4.47. The van der Waals surface area contributed by atoms with Crippen molar-refractivity contribution in [2.75, 3.05) is 43.4 Å². The van der Waals surface area contributed by atoms with Crippen LogP contribution in [0.25, 0.3) is 0 Å². The van der Waals surface area contributed by atoms with Crippen molar-refractivity contribution in [3.63, 3.8) is 0 Å². The van der Waals surface area contributed by atoms with Crippen LogP contribution in [0.3, 0.4) is 0 Å². The summed E-state index contributed by atoms with van der Waals surface area (Å²) in [5, 5.41) is 0. The van der Waals surface area contributed by atoms with Gasteiger partial charge in [-0.2, -0.15) is 0 Å². The smallest absolute Gasteiger partial charge is 0.257 e. The van der Waals surface area contributed by atoms with E-state index in [4.69, 9.17) is 0 Å². The molecule has 1 aromatic carbocycles. The predicted molar refractivity (Wildman–Crippen MR) is 100 cm³/mol. The standard InChI is InChI=1S/C18H19FN4O3S/c19-15-5-1-2-6-16(15)21-8-10-23(11-9-21)18(24)14-4-3-7-22-12-13-27(25,26)20-17(14)22/h1-7H,8-13H2. The monoisotopic (exact) mass is 390 g/mol. The zero-order chi connectivity index (χ0) is 19.0. The lowest BCUT2D eigenvalue weighted by atomic mass is 10.1. The fourth-order valence-electron chi connectivity index (χ4n) is 3.41. The summed E-state index contributed by atoms with van der Waals surface area (Å²) in [7, 11) is -3.55. The number of hydrogen-bond donors (Lipinski definition) is 0. The minimum atomic E-state index is -3.55. The lowest BCUT2D eigenvalue weighted by Crippen LogP contribution is -2.51. The van der Waals surface area contributed by atoms with E-state index >= 15 is 0 Å². The molecule has 0 atom stereocenters. The van der Waals surface area contributed by atoms with E-state index in [1.807, 2.05) is 4.90 Å². The van der Waals surface area contributed by atoms with Crippen molar-refractivity contribution in [2.45, 2.75) is 0 Å². The van der Waals surface area contributed by atoms with E-state index in [0.717, 1.165) is 0 Å². The molecule has 0 saturated carbocycles. The summed E-state index contributed by atoms with van der Waals surface area (Å²) >= 11 is 0. The second-order valence-corrected chi connectivity index (χ2v) is 8.30. The number of nitrogens with zero attached hydrogens (tertiary/aromatic N) is 4. The van der Waals surface area contributed by atoms with Gasteiger partial charge in [-0.3, -0.25) is 4.79 Å². The number of fused-ring (bicyclic) bond motifs is 1. The Morgan fingerprint density at radius 3 is 2.56 bits per heavy atom.